The number of esters is 1. The van der Waals surface area contributed by atoms with Crippen molar-refractivity contribution in [3.63, 3.8) is 0 Å². The number of hydrogen-bond acceptors (Lipinski definition) is 6. The number of urea groups is 1. The molecule has 0 bridgehead atoms. The summed E-state index contributed by atoms with van der Waals surface area (Å²) in [6, 6.07) is 13.9. The number of anilines is 2. The molecule has 0 atom stereocenters. The van der Waals surface area contributed by atoms with Gasteiger partial charge in [-0.1, -0.05) is 17.7 Å². The van der Waals surface area contributed by atoms with Crippen molar-refractivity contribution in [3.8, 4) is 5.75 Å². The van der Waals surface area contributed by atoms with Crippen molar-refractivity contribution in [2.24, 2.45) is 0 Å². The van der Waals surface area contributed by atoms with Gasteiger partial charge in [-0.15, -0.1) is 11.3 Å². The second kappa shape index (κ2) is 9.19. The van der Waals surface area contributed by atoms with Crippen LogP contribution in [0.5, 0.6) is 5.75 Å². The van der Waals surface area contributed by atoms with E-state index in [4.69, 9.17) is 4.74 Å². The molecular formula is C23H22N4O4S. The maximum Gasteiger partial charge on any atom is 0.323 e. The number of carbonyl (C=O) groups is 3. The summed E-state index contributed by atoms with van der Waals surface area (Å²) in [5, 5.41) is 5.03. The first-order valence-corrected chi connectivity index (χ1v) is 10.9. The second-order valence-electron chi connectivity index (χ2n) is 7.38. The van der Waals surface area contributed by atoms with Gasteiger partial charge in [0.15, 0.2) is 5.13 Å². The molecule has 1 aliphatic rings. The highest BCUT2D eigenvalue weighted by molar-refractivity contribution is 7.14. The molecule has 0 saturated carbocycles. The third-order valence-electron chi connectivity index (χ3n) is 5.01. The first-order chi connectivity index (χ1) is 15.4. The molecule has 32 heavy (non-hydrogen) atoms. The smallest absolute Gasteiger partial charge is 0.323 e. The number of ether oxygens (including phenoxy) is 1. The van der Waals surface area contributed by atoms with Gasteiger partial charge in [0, 0.05) is 36.8 Å². The SMILES string of the molecule is Cc1ccc(C(=O)N(C)c2ccc(OC(=O)Cc3csc(N4CCNC4=O)n3)cc2)cc1. The zero-order valence-electron chi connectivity index (χ0n) is 17.7. The van der Waals surface area contributed by atoms with E-state index in [9.17, 15) is 14.4 Å². The van der Waals surface area contributed by atoms with Crippen LogP contribution in [0.3, 0.4) is 0 Å². The highest BCUT2D eigenvalue weighted by Crippen LogP contribution is 2.24. The largest absolute Gasteiger partial charge is 0.426 e. The van der Waals surface area contributed by atoms with Crippen LogP contribution in [0, 0.1) is 6.92 Å². The minimum Gasteiger partial charge on any atom is -0.426 e. The van der Waals surface area contributed by atoms with Crippen LogP contribution in [0.4, 0.5) is 15.6 Å². The standard InChI is InChI=1S/C23H22N4O4S/c1-15-3-5-16(6-4-15)21(29)26(2)18-7-9-19(10-8-18)31-20(28)13-17-14-32-23(25-17)27-12-11-24-22(27)30/h3-10,14H,11-13H2,1-2H3,(H,24,30). The third kappa shape index (κ3) is 4.78. The molecule has 0 aliphatic carbocycles. The minimum atomic E-state index is -0.454. The van der Waals surface area contributed by atoms with Crippen LogP contribution in [0.25, 0.3) is 0 Å². The Morgan fingerprint density at radius 3 is 2.53 bits per heavy atom. The summed E-state index contributed by atoms with van der Waals surface area (Å²) < 4.78 is 5.40. The fourth-order valence-corrected chi connectivity index (χ4v) is 4.06. The maximum atomic E-state index is 12.6. The number of thiazole rings is 1. The van der Waals surface area contributed by atoms with Crippen LogP contribution in [0.2, 0.25) is 0 Å². The Kier molecular flexibility index (Phi) is 6.18. The predicted molar refractivity (Wildman–Crippen MR) is 123 cm³/mol. The van der Waals surface area contributed by atoms with E-state index in [0.717, 1.165) is 5.56 Å². The van der Waals surface area contributed by atoms with Gasteiger partial charge in [-0.25, -0.2) is 9.78 Å². The fourth-order valence-electron chi connectivity index (χ4n) is 3.22. The number of nitrogens with one attached hydrogen (secondary N) is 1. The van der Waals surface area contributed by atoms with E-state index in [1.807, 2.05) is 19.1 Å². The molecule has 9 heteroatoms. The van der Waals surface area contributed by atoms with Crippen LogP contribution >= 0.6 is 11.3 Å². The Morgan fingerprint density at radius 1 is 1.16 bits per heavy atom. The van der Waals surface area contributed by atoms with Gasteiger partial charge in [-0.2, -0.15) is 0 Å². The van der Waals surface area contributed by atoms with Crippen LogP contribution in [-0.2, 0) is 11.2 Å². The highest BCUT2D eigenvalue weighted by atomic mass is 32.1. The number of rotatable bonds is 6. The van der Waals surface area contributed by atoms with Crippen molar-refractivity contribution >= 4 is 40.1 Å². The summed E-state index contributed by atoms with van der Waals surface area (Å²) in [5.74, 6) is -0.199. The molecule has 1 aliphatic heterocycles. The molecule has 3 amide bonds. The van der Waals surface area contributed by atoms with Crippen molar-refractivity contribution in [2.45, 2.75) is 13.3 Å². The van der Waals surface area contributed by atoms with Gasteiger partial charge in [0.05, 0.1) is 12.1 Å². The first-order valence-electron chi connectivity index (χ1n) is 10.1. The Bertz CT molecular complexity index is 1140. The fraction of sp³-hybridized carbons (Fsp3) is 0.217. The van der Waals surface area contributed by atoms with Crippen LogP contribution < -0.4 is 19.9 Å². The Balaban J connectivity index is 1.34. The van der Waals surface area contributed by atoms with Crippen molar-refractivity contribution in [1.29, 1.82) is 0 Å². The molecule has 1 aromatic heterocycles. The quantitative estimate of drug-likeness (QED) is 0.459. The first kappa shape index (κ1) is 21.5. The van der Waals surface area contributed by atoms with Gasteiger partial charge in [-0.3, -0.25) is 14.5 Å². The number of amides is 3. The molecule has 0 unspecified atom stereocenters. The van der Waals surface area contributed by atoms with E-state index in [0.29, 0.717) is 40.9 Å². The average Bonchev–Trinajstić information content (AvgIpc) is 3.42. The molecule has 164 valence electrons. The lowest BCUT2D eigenvalue weighted by Crippen LogP contribution is -2.27. The van der Waals surface area contributed by atoms with Gasteiger partial charge in [0.2, 0.25) is 0 Å². The molecule has 0 spiro atoms. The Morgan fingerprint density at radius 2 is 1.88 bits per heavy atom. The number of hydrogen-bond donors (Lipinski definition) is 1. The summed E-state index contributed by atoms with van der Waals surface area (Å²) in [5.41, 5.74) is 2.92. The van der Waals surface area contributed by atoms with E-state index >= 15 is 0 Å². The van der Waals surface area contributed by atoms with Crippen LogP contribution in [-0.4, -0.2) is 43.0 Å². The average molecular weight is 451 g/mol. The molecule has 8 nitrogen and oxygen atoms in total. The summed E-state index contributed by atoms with van der Waals surface area (Å²) in [7, 11) is 1.70. The summed E-state index contributed by atoms with van der Waals surface area (Å²) in [6.45, 7) is 3.11. The van der Waals surface area contributed by atoms with Crippen molar-refractivity contribution in [2.75, 3.05) is 29.9 Å². The molecule has 2 heterocycles. The molecule has 3 aromatic rings. The van der Waals surface area contributed by atoms with E-state index in [-0.39, 0.29) is 18.4 Å². The summed E-state index contributed by atoms with van der Waals surface area (Å²) in [4.78, 5) is 44.1. The lowest BCUT2D eigenvalue weighted by molar-refractivity contribution is -0.133. The monoisotopic (exact) mass is 450 g/mol. The van der Waals surface area contributed by atoms with Gasteiger partial charge >= 0.3 is 12.0 Å². The lowest BCUT2D eigenvalue weighted by atomic mass is 10.1. The van der Waals surface area contributed by atoms with E-state index in [1.54, 1.807) is 58.6 Å². The topological polar surface area (TPSA) is 91.8 Å². The van der Waals surface area contributed by atoms with Crippen molar-refractivity contribution in [1.82, 2.24) is 10.3 Å². The molecule has 4 rings (SSSR count). The van der Waals surface area contributed by atoms with Crippen LogP contribution in [0.1, 0.15) is 21.6 Å². The molecular weight excluding hydrogens is 428 g/mol. The van der Waals surface area contributed by atoms with E-state index in [1.165, 1.54) is 11.3 Å². The van der Waals surface area contributed by atoms with Gasteiger partial charge < -0.3 is 15.0 Å². The molecule has 1 saturated heterocycles. The van der Waals surface area contributed by atoms with Gasteiger partial charge in [0.1, 0.15) is 5.75 Å². The molecule has 0 radical (unpaired) electrons. The predicted octanol–water partition coefficient (Wildman–Crippen LogP) is 3.41. The third-order valence-corrected chi connectivity index (χ3v) is 5.92. The van der Waals surface area contributed by atoms with Crippen molar-refractivity contribution < 1.29 is 19.1 Å². The Labute approximate surface area is 189 Å². The Hall–Kier alpha value is -3.72. The number of benzene rings is 2. The van der Waals surface area contributed by atoms with E-state index < -0.39 is 5.97 Å². The molecule has 1 N–H and O–H groups in total. The lowest BCUT2D eigenvalue weighted by Gasteiger charge is -2.18. The highest BCUT2D eigenvalue weighted by Gasteiger charge is 2.24. The number of carbonyl (C=O) groups excluding carboxylic acids is 3. The summed E-state index contributed by atoms with van der Waals surface area (Å²) >= 11 is 1.31. The van der Waals surface area contributed by atoms with Gasteiger partial charge in [0.25, 0.3) is 5.91 Å². The normalized spacial score (nSPS) is 13.1. The molecule has 1 fully saturated rings. The number of aryl methyl sites for hydroxylation is 1. The maximum absolute atomic E-state index is 12.6. The summed E-state index contributed by atoms with van der Waals surface area (Å²) in [6.07, 6.45) is -0.000473. The number of aromatic nitrogens is 1. The second-order valence-corrected chi connectivity index (χ2v) is 8.22. The zero-order chi connectivity index (χ0) is 22.7. The molecule has 2 aromatic carbocycles. The van der Waals surface area contributed by atoms with Gasteiger partial charge in [-0.05, 0) is 43.3 Å². The van der Waals surface area contributed by atoms with E-state index in [2.05, 4.69) is 10.3 Å². The minimum absolute atomic E-state index is 0.000473. The van der Waals surface area contributed by atoms with Crippen molar-refractivity contribution in [3.05, 3.63) is 70.7 Å². The zero-order valence-corrected chi connectivity index (χ0v) is 18.5. The number of nitrogens with zero attached hydrogens (tertiary/aromatic N) is 3. The van der Waals surface area contributed by atoms with Crippen LogP contribution in [0.15, 0.2) is 53.9 Å².